The van der Waals surface area contributed by atoms with Crippen molar-refractivity contribution in [2.45, 2.75) is 140 Å². The molecule has 6 aliphatic heterocycles. The van der Waals surface area contributed by atoms with Crippen molar-refractivity contribution in [3.8, 4) is 0 Å². The van der Waals surface area contributed by atoms with Crippen LogP contribution in [0.3, 0.4) is 0 Å². The first-order chi connectivity index (χ1) is 30.6. The number of nitrogens with zero attached hydrogens (tertiary/aromatic N) is 3. The number of hydrogen-bond donors (Lipinski definition) is 0. The summed E-state index contributed by atoms with van der Waals surface area (Å²) < 4.78 is 18.2. The van der Waals surface area contributed by atoms with Gasteiger partial charge in [0.05, 0.1) is 36.4 Å². The topological polar surface area (TPSA) is 88.6 Å². The first kappa shape index (κ1) is 41.6. The summed E-state index contributed by atoms with van der Waals surface area (Å²) in [5.74, 6) is 4.63. The lowest BCUT2D eigenvalue weighted by molar-refractivity contribution is -0.140. The fourth-order valence-corrected chi connectivity index (χ4v) is 15.3. The third-order valence-corrected chi connectivity index (χ3v) is 18.1. The van der Waals surface area contributed by atoms with Crippen LogP contribution in [-0.4, -0.2) is 68.9 Å². The molecule has 13 rings (SSSR count). The lowest BCUT2D eigenvalue weighted by Gasteiger charge is -2.35. The Labute approximate surface area is 374 Å². The van der Waals surface area contributed by atoms with E-state index in [2.05, 4.69) is 71.9 Å². The van der Waals surface area contributed by atoms with Gasteiger partial charge in [0.1, 0.15) is 0 Å². The van der Waals surface area contributed by atoms with Crippen LogP contribution in [0.2, 0.25) is 0 Å². The van der Waals surface area contributed by atoms with E-state index in [0.29, 0.717) is 61.2 Å². The fourth-order valence-electron chi connectivity index (χ4n) is 15.3. The highest BCUT2D eigenvalue weighted by Crippen LogP contribution is 2.64. The normalized spacial score (nSPS) is 41.7. The smallest absolute Gasteiger partial charge is 0.229 e. The molecule has 0 N–H and O–H groups in total. The first-order valence-corrected chi connectivity index (χ1v) is 24.6. The molecule has 10 aliphatic rings. The van der Waals surface area contributed by atoms with E-state index in [1.54, 1.807) is 0 Å². The summed E-state index contributed by atoms with van der Waals surface area (Å²) in [6, 6.07) is 30.6. The molecule has 14 atom stereocenters. The van der Waals surface area contributed by atoms with Gasteiger partial charge in [-0.2, -0.15) is 0 Å². The Bertz CT molecular complexity index is 2170. The van der Waals surface area contributed by atoms with Gasteiger partial charge >= 0.3 is 0 Å². The van der Waals surface area contributed by atoms with Crippen LogP contribution in [0, 0.1) is 47.3 Å². The molecule has 63 heavy (non-hydrogen) atoms. The van der Waals surface area contributed by atoms with Crippen molar-refractivity contribution in [1.29, 1.82) is 0 Å². The van der Waals surface area contributed by atoms with Crippen LogP contribution in [0.5, 0.6) is 0 Å². The van der Waals surface area contributed by atoms with Gasteiger partial charge in [-0.1, -0.05) is 130 Å². The second-order valence-electron chi connectivity index (χ2n) is 21.5. The predicted molar refractivity (Wildman–Crippen MR) is 239 cm³/mol. The van der Waals surface area contributed by atoms with E-state index in [1.807, 2.05) is 54.6 Å². The number of amides is 3. The summed E-state index contributed by atoms with van der Waals surface area (Å²) in [6.07, 6.45) is 15.3. The van der Waals surface area contributed by atoms with E-state index < -0.39 is 0 Å². The highest BCUT2D eigenvalue weighted by molar-refractivity contribution is 5.85. The van der Waals surface area contributed by atoms with E-state index in [9.17, 15) is 14.4 Å². The molecule has 9 nitrogen and oxygen atoms in total. The zero-order valence-electron chi connectivity index (χ0n) is 37.6. The summed E-state index contributed by atoms with van der Waals surface area (Å²) in [5.41, 5.74) is 3.03. The minimum absolute atomic E-state index is 0.0813. The number of ether oxygens (including phenoxy) is 3. The molecule has 4 aliphatic carbocycles. The standard InChI is InChI=1S/C19H25NO2.C18H21NO2.C17H21NO2/c1-19-13-22-18(14-9-5-4-6-10-14)20(19)17(21)15-11-7-2-3-8-12-16(15)19;1-18-10-21-17(11-5-3-2-4-6-11)19(18)16(20)14-12-7-8-13(9-12)15(14)18;1-17-11-20-16(12-7-3-2-4-8-12)18(17)15(19)13-9-5-6-10-14(13)17/h4-6,9-10,15-16,18H,2-3,7-8,11-13H2,1H3;2-6,12-15,17H,7-10H2,1H3;2-4,7-8,13-14,16H,5-6,9-11H2,1H3/t15-,16?,18-,19-;12?,13?,14-,15+,17+,18+;13-,14?,16+,17+/m011/s1. The van der Waals surface area contributed by atoms with Crippen molar-refractivity contribution in [2.75, 3.05) is 19.8 Å². The molecule has 0 aromatic heterocycles. The van der Waals surface area contributed by atoms with Crippen LogP contribution in [0.1, 0.15) is 140 Å². The molecule has 4 unspecified atom stereocenters. The van der Waals surface area contributed by atoms with Crippen LogP contribution in [0.15, 0.2) is 91.0 Å². The lowest BCUT2D eigenvalue weighted by atomic mass is 9.73. The molecule has 6 heterocycles. The van der Waals surface area contributed by atoms with Crippen molar-refractivity contribution in [1.82, 2.24) is 14.7 Å². The number of rotatable bonds is 3. The molecule has 3 aromatic rings. The summed E-state index contributed by atoms with van der Waals surface area (Å²) >= 11 is 0. The van der Waals surface area contributed by atoms with Gasteiger partial charge in [0.25, 0.3) is 0 Å². The van der Waals surface area contributed by atoms with E-state index >= 15 is 0 Å². The molecular formula is C54H67N3O6. The fraction of sp³-hybridized carbons (Fsp3) is 0.611. The van der Waals surface area contributed by atoms with Crippen molar-refractivity contribution in [3.63, 3.8) is 0 Å². The SMILES string of the molecule is C[C@@]12CO[C@@H](c3ccccc3)N1C(=O)[C@@H]1C3CCC(C3)[C@@H]12.C[C@@]12CO[C@@H](c3ccccc3)N1C(=O)[C@@H]1CCCCC12.C[C@@]12CO[C@@H](c3ccccc3)N1C(=O)[C@H]1CCCCCCC12. The monoisotopic (exact) mass is 854 g/mol. The molecule has 9 heteroatoms. The van der Waals surface area contributed by atoms with E-state index in [0.717, 1.165) is 35.4 Å². The molecule has 334 valence electrons. The summed E-state index contributed by atoms with van der Waals surface area (Å²) in [7, 11) is 0. The maximum Gasteiger partial charge on any atom is 0.229 e. The highest BCUT2D eigenvalue weighted by atomic mass is 16.5. The molecule has 3 amide bonds. The van der Waals surface area contributed by atoms with Gasteiger partial charge in [-0.15, -0.1) is 0 Å². The van der Waals surface area contributed by atoms with Crippen LogP contribution in [-0.2, 0) is 28.6 Å². The Morgan fingerprint density at radius 1 is 0.444 bits per heavy atom. The van der Waals surface area contributed by atoms with Crippen molar-refractivity contribution in [3.05, 3.63) is 108 Å². The summed E-state index contributed by atoms with van der Waals surface area (Å²) in [6.45, 7) is 8.80. The van der Waals surface area contributed by atoms with Crippen LogP contribution >= 0.6 is 0 Å². The Kier molecular flexibility index (Phi) is 10.7. The quantitative estimate of drug-likeness (QED) is 0.261. The zero-order chi connectivity index (χ0) is 43.1. The first-order valence-electron chi connectivity index (χ1n) is 24.6. The third-order valence-electron chi connectivity index (χ3n) is 18.1. The Hall–Kier alpha value is -4.05. The number of fused-ring (bicyclic) bond motifs is 13. The van der Waals surface area contributed by atoms with Gasteiger partial charge in [0, 0.05) is 34.4 Å². The molecule has 4 saturated carbocycles. The van der Waals surface area contributed by atoms with Gasteiger partial charge < -0.3 is 28.9 Å². The van der Waals surface area contributed by atoms with Gasteiger partial charge in [-0.05, 0) is 95.3 Å². The molecule has 10 fully saturated rings. The van der Waals surface area contributed by atoms with E-state index in [4.69, 9.17) is 14.2 Å². The van der Waals surface area contributed by atoms with Gasteiger partial charge in [0.15, 0.2) is 18.7 Å². The molecule has 3 aromatic carbocycles. The number of carbonyl (C=O) groups excluding carboxylic acids is 3. The lowest BCUT2D eigenvalue weighted by Crippen LogP contribution is -2.46. The molecule has 0 spiro atoms. The molecule has 6 saturated heterocycles. The van der Waals surface area contributed by atoms with Crippen LogP contribution in [0.4, 0.5) is 0 Å². The average Bonchev–Trinajstić information content (AvgIpc) is 4.19. The molecule has 0 radical (unpaired) electrons. The van der Waals surface area contributed by atoms with Crippen molar-refractivity contribution < 1.29 is 28.6 Å². The summed E-state index contributed by atoms with van der Waals surface area (Å²) in [4.78, 5) is 45.3. The highest BCUT2D eigenvalue weighted by Gasteiger charge is 2.69. The maximum atomic E-state index is 13.1. The van der Waals surface area contributed by atoms with Crippen LogP contribution in [0.25, 0.3) is 0 Å². The Balaban J connectivity index is 0.000000106. The van der Waals surface area contributed by atoms with Gasteiger partial charge in [0.2, 0.25) is 17.7 Å². The Morgan fingerprint density at radius 3 is 1.30 bits per heavy atom. The Morgan fingerprint density at radius 2 is 0.825 bits per heavy atom. The van der Waals surface area contributed by atoms with E-state index in [1.165, 1.54) is 70.6 Å². The number of hydrogen-bond acceptors (Lipinski definition) is 6. The zero-order valence-corrected chi connectivity index (χ0v) is 37.6. The minimum atomic E-state index is -0.188. The minimum Gasteiger partial charge on any atom is -0.351 e. The largest absolute Gasteiger partial charge is 0.351 e. The predicted octanol–water partition coefficient (Wildman–Crippen LogP) is 10.0. The van der Waals surface area contributed by atoms with E-state index in [-0.39, 0.29) is 53.1 Å². The van der Waals surface area contributed by atoms with Crippen molar-refractivity contribution in [2.24, 2.45) is 47.3 Å². The maximum absolute atomic E-state index is 13.1. The van der Waals surface area contributed by atoms with Gasteiger partial charge in [-0.3, -0.25) is 14.4 Å². The van der Waals surface area contributed by atoms with Gasteiger partial charge in [-0.25, -0.2) is 0 Å². The average molecular weight is 854 g/mol. The second kappa shape index (κ2) is 16.1. The second-order valence-corrected chi connectivity index (χ2v) is 21.5. The van der Waals surface area contributed by atoms with Crippen LogP contribution < -0.4 is 0 Å². The molecule has 2 bridgehead atoms. The number of benzene rings is 3. The summed E-state index contributed by atoms with van der Waals surface area (Å²) in [5, 5.41) is 0. The molecular weight excluding hydrogens is 787 g/mol. The number of carbonyl (C=O) groups is 3. The van der Waals surface area contributed by atoms with Crippen molar-refractivity contribution >= 4 is 17.7 Å². The third kappa shape index (κ3) is 6.51.